The lowest BCUT2D eigenvalue weighted by molar-refractivity contribution is -0.112. The Morgan fingerprint density at radius 2 is 1.96 bits per heavy atom. The molecule has 0 radical (unpaired) electrons. The van der Waals surface area contributed by atoms with Gasteiger partial charge in [-0.25, -0.2) is 4.79 Å². The lowest BCUT2D eigenvalue weighted by atomic mass is 10.2. The molecule has 2 aromatic rings. The third-order valence-electron chi connectivity index (χ3n) is 3.46. The average molecular weight is 384 g/mol. The molecule has 2 N–H and O–H groups in total. The van der Waals surface area contributed by atoms with E-state index >= 15 is 0 Å². The number of hydrogen-bond donors (Lipinski definition) is 2. The van der Waals surface area contributed by atoms with E-state index in [2.05, 4.69) is 10.6 Å². The monoisotopic (exact) mass is 383 g/mol. The van der Waals surface area contributed by atoms with Gasteiger partial charge in [0, 0.05) is 23.5 Å². The minimum atomic E-state index is -0.556. The molecule has 0 saturated heterocycles. The normalized spacial score (nSPS) is 10.6. The number of esters is 1. The van der Waals surface area contributed by atoms with Crippen molar-refractivity contribution in [3.8, 4) is 6.07 Å². The van der Waals surface area contributed by atoms with E-state index in [-0.39, 0.29) is 12.2 Å². The van der Waals surface area contributed by atoms with E-state index in [9.17, 15) is 14.9 Å². The molecule has 27 heavy (non-hydrogen) atoms. The molecule has 2 aromatic carbocycles. The number of rotatable bonds is 7. The minimum Gasteiger partial charge on any atom is -0.462 e. The highest BCUT2D eigenvalue weighted by Gasteiger charge is 2.10. The molecule has 0 spiro atoms. The second kappa shape index (κ2) is 10.00. The van der Waals surface area contributed by atoms with Crippen LogP contribution in [-0.2, 0) is 16.1 Å². The van der Waals surface area contributed by atoms with Crippen LogP contribution in [0.3, 0.4) is 0 Å². The molecule has 0 heterocycles. The van der Waals surface area contributed by atoms with E-state index in [1.54, 1.807) is 43.3 Å². The van der Waals surface area contributed by atoms with Crippen LogP contribution in [0.25, 0.3) is 0 Å². The first-order chi connectivity index (χ1) is 13.0. The zero-order valence-electron chi connectivity index (χ0n) is 14.7. The third-order valence-corrected chi connectivity index (χ3v) is 3.70. The summed E-state index contributed by atoms with van der Waals surface area (Å²) in [6.07, 6.45) is 1.35. The molecule has 2 rings (SSSR count). The fraction of sp³-hybridized carbons (Fsp3) is 0.150. The van der Waals surface area contributed by atoms with Gasteiger partial charge < -0.3 is 15.4 Å². The Bertz CT molecular complexity index is 886. The number of nitriles is 1. The zero-order valence-corrected chi connectivity index (χ0v) is 15.4. The molecule has 0 saturated carbocycles. The van der Waals surface area contributed by atoms with Crippen molar-refractivity contribution in [2.45, 2.75) is 13.5 Å². The van der Waals surface area contributed by atoms with Crippen LogP contribution in [0.1, 0.15) is 22.8 Å². The Labute approximate surface area is 162 Å². The number of nitrogens with zero attached hydrogens (tertiary/aromatic N) is 1. The van der Waals surface area contributed by atoms with E-state index in [4.69, 9.17) is 16.3 Å². The van der Waals surface area contributed by atoms with Crippen molar-refractivity contribution in [2.24, 2.45) is 0 Å². The van der Waals surface area contributed by atoms with Gasteiger partial charge in [0.15, 0.2) is 0 Å². The van der Waals surface area contributed by atoms with E-state index < -0.39 is 11.9 Å². The Hall–Kier alpha value is -3.30. The summed E-state index contributed by atoms with van der Waals surface area (Å²) < 4.78 is 4.90. The van der Waals surface area contributed by atoms with Gasteiger partial charge in [-0.1, -0.05) is 23.7 Å². The maximum Gasteiger partial charge on any atom is 0.338 e. The van der Waals surface area contributed by atoms with Gasteiger partial charge in [0.1, 0.15) is 11.6 Å². The van der Waals surface area contributed by atoms with Crippen molar-refractivity contribution in [1.82, 2.24) is 5.32 Å². The molecule has 0 unspecified atom stereocenters. The van der Waals surface area contributed by atoms with Gasteiger partial charge in [0.25, 0.3) is 5.91 Å². The third kappa shape index (κ3) is 6.17. The molecule has 6 nitrogen and oxygen atoms in total. The molecule has 7 heteroatoms. The molecule has 0 aliphatic rings. The molecule has 0 aliphatic carbocycles. The number of ether oxygens (including phenoxy) is 1. The van der Waals surface area contributed by atoms with Crippen molar-refractivity contribution in [3.05, 3.63) is 76.5 Å². The second-order valence-electron chi connectivity index (χ2n) is 5.43. The molecular weight excluding hydrogens is 366 g/mol. The summed E-state index contributed by atoms with van der Waals surface area (Å²) in [4.78, 5) is 23.8. The average Bonchev–Trinajstić information content (AvgIpc) is 2.66. The number of anilines is 1. The van der Waals surface area contributed by atoms with Crippen molar-refractivity contribution < 1.29 is 14.3 Å². The summed E-state index contributed by atoms with van der Waals surface area (Å²) in [6.45, 7) is 2.44. The van der Waals surface area contributed by atoms with Gasteiger partial charge in [-0.3, -0.25) is 4.79 Å². The highest BCUT2D eigenvalue weighted by atomic mass is 35.5. The SMILES string of the molecule is CCOC(=O)c1ccc(NC(=O)/C(C#N)=C\NCc2cccc(Cl)c2)cc1. The van der Waals surface area contributed by atoms with Crippen LogP contribution < -0.4 is 10.6 Å². The predicted octanol–water partition coefficient (Wildman–Crippen LogP) is 3.65. The maximum atomic E-state index is 12.2. The van der Waals surface area contributed by atoms with Crippen LogP contribution in [0.15, 0.2) is 60.3 Å². The lowest BCUT2D eigenvalue weighted by Gasteiger charge is -2.07. The Kier molecular flexibility index (Phi) is 7.41. The van der Waals surface area contributed by atoms with Crippen LogP contribution >= 0.6 is 11.6 Å². The fourth-order valence-electron chi connectivity index (χ4n) is 2.17. The Morgan fingerprint density at radius 3 is 2.59 bits per heavy atom. The number of carbonyl (C=O) groups is 2. The van der Waals surface area contributed by atoms with Gasteiger partial charge >= 0.3 is 5.97 Å². The van der Waals surface area contributed by atoms with Crippen molar-refractivity contribution in [3.63, 3.8) is 0 Å². The standard InChI is InChI=1S/C20H18ClN3O3/c1-2-27-20(26)15-6-8-18(9-7-15)24-19(25)16(11-22)13-23-12-14-4-3-5-17(21)10-14/h3-10,13,23H,2,12H2,1H3,(H,24,25)/b16-13-. The molecule has 1 amide bonds. The Balaban J connectivity index is 1.96. The highest BCUT2D eigenvalue weighted by Crippen LogP contribution is 2.12. The molecule has 138 valence electrons. The first-order valence-electron chi connectivity index (χ1n) is 8.20. The predicted molar refractivity (Wildman–Crippen MR) is 103 cm³/mol. The molecule has 0 atom stereocenters. The summed E-state index contributed by atoms with van der Waals surface area (Å²) in [5, 5.41) is 15.3. The summed E-state index contributed by atoms with van der Waals surface area (Å²) in [6, 6.07) is 15.3. The zero-order chi connectivity index (χ0) is 19.6. The van der Waals surface area contributed by atoms with Crippen LogP contribution in [0, 0.1) is 11.3 Å². The number of benzene rings is 2. The quantitative estimate of drug-likeness (QED) is 0.432. The first-order valence-corrected chi connectivity index (χ1v) is 8.58. The number of carbonyl (C=O) groups excluding carboxylic acids is 2. The molecule has 0 aromatic heterocycles. The van der Waals surface area contributed by atoms with Gasteiger partial charge in [-0.2, -0.15) is 5.26 Å². The second-order valence-corrected chi connectivity index (χ2v) is 5.87. The number of nitrogens with one attached hydrogen (secondary N) is 2. The van der Waals surface area contributed by atoms with E-state index in [0.29, 0.717) is 22.8 Å². The van der Waals surface area contributed by atoms with E-state index in [1.807, 2.05) is 18.2 Å². The van der Waals surface area contributed by atoms with Gasteiger partial charge in [0.2, 0.25) is 0 Å². The molecular formula is C20H18ClN3O3. The molecule has 0 fully saturated rings. The number of halogens is 1. The largest absolute Gasteiger partial charge is 0.462 e. The fourth-order valence-corrected chi connectivity index (χ4v) is 2.38. The number of amides is 1. The summed E-state index contributed by atoms with van der Waals surface area (Å²) in [7, 11) is 0. The first kappa shape index (κ1) is 20.0. The van der Waals surface area contributed by atoms with Gasteiger partial charge in [0.05, 0.1) is 12.2 Å². The Morgan fingerprint density at radius 1 is 1.22 bits per heavy atom. The smallest absolute Gasteiger partial charge is 0.338 e. The topological polar surface area (TPSA) is 91.2 Å². The van der Waals surface area contributed by atoms with Gasteiger partial charge in [-0.15, -0.1) is 0 Å². The number of hydrogen-bond acceptors (Lipinski definition) is 5. The minimum absolute atomic E-state index is 0.0773. The van der Waals surface area contributed by atoms with Crippen molar-refractivity contribution >= 4 is 29.2 Å². The highest BCUT2D eigenvalue weighted by molar-refractivity contribution is 6.30. The summed E-state index contributed by atoms with van der Waals surface area (Å²) in [5.41, 5.74) is 1.69. The summed E-state index contributed by atoms with van der Waals surface area (Å²) >= 11 is 5.91. The molecule has 0 aliphatic heterocycles. The van der Waals surface area contributed by atoms with Crippen LogP contribution in [0.2, 0.25) is 5.02 Å². The molecule has 0 bridgehead atoms. The van der Waals surface area contributed by atoms with E-state index in [1.165, 1.54) is 6.20 Å². The lowest BCUT2D eigenvalue weighted by Crippen LogP contribution is -2.16. The van der Waals surface area contributed by atoms with E-state index in [0.717, 1.165) is 5.56 Å². The van der Waals surface area contributed by atoms with Crippen molar-refractivity contribution in [1.29, 1.82) is 5.26 Å². The van der Waals surface area contributed by atoms with Crippen LogP contribution in [0.5, 0.6) is 0 Å². The summed E-state index contributed by atoms with van der Waals surface area (Å²) in [5.74, 6) is -0.988. The maximum absolute atomic E-state index is 12.2. The van der Waals surface area contributed by atoms with Gasteiger partial charge in [-0.05, 0) is 48.9 Å². The van der Waals surface area contributed by atoms with Crippen LogP contribution in [-0.4, -0.2) is 18.5 Å². The van der Waals surface area contributed by atoms with Crippen molar-refractivity contribution in [2.75, 3.05) is 11.9 Å². The van der Waals surface area contributed by atoms with Crippen LogP contribution in [0.4, 0.5) is 5.69 Å².